The van der Waals surface area contributed by atoms with Crippen LogP contribution in [-0.4, -0.2) is 24.9 Å². The molecule has 20 aromatic carbocycles. The van der Waals surface area contributed by atoms with Crippen molar-refractivity contribution < 1.29 is 8.83 Å². The van der Waals surface area contributed by atoms with Crippen LogP contribution in [0.2, 0.25) is 0 Å². The van der Waals surface area contributed by atoms with Gasteiger partial charge in [-0.2, -0.15) is 0 Å². The van der Waals surface area contributed by atoms with Crippen LogP contribution in [0.3, 0.4) is 0 Å². The molecule has 632 valence electrons. The molecule has 0 saturated heterocycles. The van der Waals surface area contributed by atoms with Gasteiger partial charge in [0.25, 0.3) is 0 Å². The van der Waals surface area contributed by atoms with E-state index in [0.717, 1.165) is 128 Å². The predicted molar refractivity (Wildman–Crippen MR) is 554 cm³/mol. The second-order valence-corrected chi connectivity index (χ2v) is 35.8. The summed E-state index contributed by atoms with van der Waals surface area (Å²) in [7, 11) is 0. The molecule has 0 aliphatic heterocycles. The SMILES string of the molecule is c1ccc(-c2ccc3oc4c(-c5nc(-c6ccccc6)nc(-c6cccc(-c7cccc(-c8cccc9c8C8(c%10ccccc%10-c%10ccccc%108)c8ccccc8-9)c7)c6)n5)cccc4c3c2)cc1.c1ccc(-c2ccc3oc4cc(-c5nc(-c6ccccc6)cc(-c6cccc(-c7cccc(-c8cccc9c8C8(c%10ccccc%10-c%10ccccc%108)c8ccccc8-9)c7)c6)n5)ccc4c3c2)cc1. The Labute approximate surface area is 786 Å². The van der Waals surface area contributed by atoms with Gasteiger partial charge in [-0.1, -0.05) is 406 Å². The van der Waals surface area contributed by atoms with Crippen molar-refractivity contribution in [1.29, 1.82) is 0 Å². The summed E-state index contributed by atoms with van der Waals surface area (Å²) < 4.78 is 13.1. The van der Waals surface area contributed by atoms with Crippen LogP contribution >= 0.6 is 0 Å². The fraction of sp³-hybridized carbons (Fsp3) is 0.0155. The molecule has 4 aliphatic carbocycles. The lowest BCUT2D eigenvalue weighted by Crippen LogP contribution is -2.26. The van der Waals surface area contributed by atoms with Gasteiger partial charge in [0.2, 0.25) is 0 Å². The molecule has 0 atom stereocenters. The van der Waals surface area contributed by atoms with Crippen molar-refractivity contribution in [2.45, 2.75) is 10.8 Å². The highest BCUT2D eigenvalue weighted by Crippen LogP contribution is 2.67. The van der Waals surface area contributed by atoms with Crippen molar-refractivity contribution in [2.24, 2.45) is 0 Å². The fourth-order valence-electron chi connectivity index (χ4n) is 22.6. The number of hydrogen-bond donors (Lipinski definition) is 0. The molecule has 0 amide bonds. The fourth-order valence-corrected chi connectivity index (χ4v) is 22.6. The Balaban J connectivity index is 0.000000138. The van der Waals surface area contributed by atoms with Crippen molar-refractivity contribution in [2.75, 3.05) is 0 Å². The molecule has 0 fully saturated rings. The zero-order valence-electron chi connectivity index (χ0n) is 73.7. The van der Waals surface area contributed by atoms with Crippen molar-refractivity contribution in [3.8, 4) is 179 Å². The number of benzene rings is 20. The summed E-state index contributed by atoms with van der Waals surface area (Å²) in [4.78, 5) is 26.0. The van der Waals surface area contributed by atoms with Crippen LogP contribution in [-0.2, 0) is 10.8 Å². The van der Waals surface area contributed by atoms with Crippen molar-refractivity contribution >= 4 is 43.9 Å². The molecular weight excluding hydrogens is 1650 g/mol. The van der Waals surface area contributed by atoms with Gasteiger partial charge >= 0.3 is 0 Å². The van der Waals surface area contributed by atoms with Gasteiger partial charge in [0.05, 0.1) is 27.8 Å². The molecule has 0 bridgehead atoms. The van der Waals surface area contributed by atoms with Gasteiger partial charge in [0.15, 0.2) is 23.3 Å². The van der Waals surface area contributed by atoms with E-state index in [-0.39, 0.29) is 0 Å². The van der Waals surface area contributed by atoms with Gasteiger partial charge in [-0.25, -0.2) is 24.9 Å². The summed E-state index contributed by atoms with van der Waals surface area (Å²) in [6.07, 6.45) is 0. The van der Waals surface area contributed by atoms with Gasteiger partial charge in [0, 0.05) is 49.4 Å². The van der Waals surface area contributed by atoms with E-state index in [1.54, 1.807) is 0 Å². The summed E-state index contributed by atoms with van der Waals surface area (Å²) in [5.41, 5.74) is 44.6. The minimum Gasteiger partial charge on any atom is -0.456 e. The molecule has 0 saturated carbocycles. The number of para-hydroxylation sites is 1. The van der Waals surface area contributed by atoms with Crippen molar-refractivity contribution in [3.05, 3.63) is 524 Å². The minimum atomic E-state index is -0.448. The number of furan rings is 2. The zero-order chi connectivity index (χ0) is 89.5. The summed E-state index contributed by atoms with van der Waals surface area (Å²) in [5, 5.41) is 4.21. The molecule has 4 aromatic heterocycles. The Bertz CT molecular complexity index is 8880. The first kappa shape index (κ1) is 78.0. The molecular formula is C129H79N5O2. The molecule has 7 heteroatoms. The lowest BCUT2D eigenvalue weighted by atomic mass is 9.68. The summed E-state index contributed by atoms with van der Waals surface area (Å²) in [5.74, 6) is 2.38. The van der Waals surface area contributed by atoms with E-state index in [2.05, 4.69) is 425 Å². The number of hydrogen-bond acceptors (Lipinski definition) is 7. The molecule has 0 radical (unpaired) electrons. The monoisotopic (exact) mass is 1730 g/mol. The molecule has 0 N–H and O–H groups in total. The lowest BCUT2D eigenvalue weighted by Gasteiger charge is -2.32. The third-order valence-corrected chi connectivity index (χ3v) is 28.5. The second kappa shape index (κ2) is 31.4. The Kier molecular flexibility index (Phi) is 18.0. The van der Waals surface area contributed by atoms with E-state index in [1.807, 2.05) is 54.6 Å². The van der Waals surface area contributed by atoms with Gasteiger partial charge < -0.3 is 8.83 Å². The van der Waals surface area contributed by atoms with Crippen molar-refractivity contribution in [3.63, 3.8) is 0 Å². The minimum absolute atomic E-state index is 0.437. The maximum absolute atomic E-state index is 6.66. The molecule has 0 unspecified atom stereocenters. The molecule has 2 spiro atoms. The van der Waals surface area contributed by atoms with Crippen LogP contribution in [0.1, 0.15) is 44.5 Å². The average Bonchev–Trinajstić information content (AvgIpc) is 1.51. The van der Waals surface area contributed by atoms with E-state index >= 15 is 0 Å². The molecule has 24 aromatic rings. The summed E-state index contributed by atoms with van der Waals surface area (Å²) in [6.45, 7) is 0. The van der Waals surface area contributed by atoms with Crippen LogP contribution in [0.5, 0.6) is 0 Å². The predicted octanol–water partition coefficient (Wildman–Crippen LogP) is 32.8. The van der Waals surface area contributed by atoms with Crippen LogP contribution < -0.4 is 0 Å². The number of fused-ring (bicyclic) bond motifs is 26. The molecule has 136 heavy (non-hydrogen) atoms. The molecule has 4 aliphatic rings. The number of nitrogens with zero attached hydrogens (tertiary/aromatic N) is 5. The van der Waals surface area contributed by atoms with Gasteiger partial charge in [-0.15, -0.1) is 0 Å². The second-order valence-electron chi connectivity index (χ2n) is 35.8. The van der Waals surface area contributed by atoms with Crippen molar-refractivity contribution in [1.82, 2.24) is 24.9 Å². The molecule has 7 nitrogen and oxygen atoms in total. The van der Waals surface area contributed by atoms with E-state index in [0.29, 0.717) is 23.3 Å². The van der Waals surface area contributed by atoms with E-state index in [9.17, 15) is 0 Å². The Morgan fingerprint density at radius 3 is 0.934 bits per heavy atom. The first-order valence-electron chi connectivity index (χ1n) is 46.5. The van der Waals surface area contributed by atoms with E-state index in [4.69, 9.17) is 33.8 Å². The van der Waals surface area contributed by atoms with Gasteiger partial charge in [-0.05, 0) is 229 Å². The highest BCUT2D eigenvalue weighted by Gasteiger charge is 2.54. The zero-order valence-corrected chi connectivity index (χ0v) is 73.7. The van der Waals surface area contributed by atoms with Crippen LogP contribution in [0.4, 0.5) is 0 Å². The van der Waals surface area contributed by atoms with Gasteiger partial charge in [-0.3, -0.25) is 0 Å². The molecule has 4 heterocycles. The Morgan fingerprint density at radius 2 is 0.449 bits per heavy atom. The average molecular weight is 1730 g/mol. The third-order valence-electron chi connectivity index (χ3n) is 28.5. The Hall–Kier alpha value is -17.9. The topological polar surface area (TPSA) is 90.7 Å². The van der Waals surface area contributed by atoms with Gasteiger partial charge in [0.1, 0.15) is 22.3 Å². The first-order valence-corrected chi connectivity index (χ1v) is 46.5. The summed E-state index contributed by atoms with van der Waals surface area (Å²) >= 11 is 0. The standard InChI is InChI=1S/C65H40N2O.C64H39N3O/c1-3-16-41(17-4-1)45-33-35-61-55(38-45)53-34-32-48(39-62(53)68-61)64-66-59(42-18-5-2-6-19-42)40-60(67-64)47-23-14-21-44(37-47)43-20-13-22-46(36-43)49-27-15-28-54-52-26-9-12-31-58(52)65(63(49)54)56-29-10-7-24-50(56)51-25-8-11-30-57(51)65;1-3-17-40(18-4-1)44-35-36-58-54(39-44)52-30-16-31-53(60(52)68-58)63-66-61(41-19-5-2-6-20-41)65-62(67-63)46-24-14-22-43(38-46)42-21-13-23-45(37-42)47-28-15-29-51-50-27-9-12-34-57(50)64(59(47)51)55-32-10-7-25-48(55)49-26-8-11-33-56(49)64/h1-40H;1-39H. The largest absolute Gasteiger partial charge is 0.456 e. The normalized spacial score (nSPS) is 12.8. The number of aromatic nitrogens is 5. The maximum atomic E-state index is 6.66. The molecule has 28 rings (SSSR count). The summed E-state index contributed by atoms with van der Waals surface area (Å²) in [6, 6.07) is 172. The maximum Gasteiger partial charge on any atom is 0.167 e. The third kappa shape index (κ3) is 12.3. The smallest absolute Gasteiger partial charge is 0.167 e. The quantitative estimate of drug-likeness (QED) is 0.120. The highest BCUT2D eigenvalue weighted by molar-refractivity contribution is 6.11. The first-order chi connectivity index (χ1) is 67.4. The lowest BCUT2D eigenvalue weighted by molar-refractivity contribution is 0.669. The van der Waals surface area contributed by atoms with Crippen LogP contribution in [0, 0.1) is 0 Å². The number of rotatable bonds is 12. The van der Waals surface area contributed by atoms with Crippen LogP contribution in [0.25, 0.3) is 223 Å². The van der Waals surface area contributed by atoms with E-state index in [1.165, 1.54) is 117 Å². The Morgan fingerprint density at radius 1 is 0.147 bits per heavy atom. The van der Waals surface area contributed by atoms with E-state index < -0.39 is 10.8 Å². The van der Waals surface area contributed by atoms with Crippen LogP contribution in [0.15, 0.2) is 488 Å². The highest BCUT2D eigenvalue weighted by atomic mass is 16.3.